The Morgan fingerprint density at radius 1 is 1.21 bits per heavy atom. The average molecular weight is 280 g/mol. The number of rotatable bonds is 5. The first kappa shape index (κ1) is 13.7. The molecule has 1 aromatic carbocycles. The molecule has 2 aromatic rings. The number of hydrogen-bond acceptors (Lipinski definition) is 5. The summed E-state index contributed by atoms with van der Waals surface area (Å²) in [5, 5.41) is 8.02. The Kier molecular flexibility index (Phi) is 3.96. The molecule has 0 fully saturated rings. The van der Waals surface area contributed by atoms with E-state index in [1.54, 1.807) is 0 Å². The number of nitrogens with zero attached hydrogens (tertiary/aromatic N) is 2. The van der Waals surface area contributed by atoms with Gasteiger partial charge in [0.2, 0.25) is 10.0 Å². The van der Waals surface area contributed by atoms with Gasteiger partial charge in [0.05, 0.1) is 22.5 Å². The molecule has 0 atom stereocenters. The maximum atomic E-state index is 10.8. The summed E-state index contributed by atoms with van der Waals surface area (Å²) in [7, 11) is -3.40. The van der Waals surface area contributed by atoms with Gasteiger partial charge in [0.1, 0.15) is 5.82 Å². The van der Waals surface area contributed by atoms with Crippen LogP contribution >= 0.6 is 0 Å². The quantitative estimate of drug-likeness (QED) is 0.797. The molecule has 19 heavy (non-hydrogen) atoms. The van der Waals surface area contributed by atoms with Crippen molar-refractivity contribution in [2.75, 3.05) is 17.6 Å². The first-order chi connectivity index (χ1) is 8.96. The van der Waals surface area contributed by atoms with Crippen molar-refractivity contribution in [2.24, 2.45) is 5.14 Å². The van der Waals surface area contributed by atoms with Gasteiger partial charge in [-0.15, -0.1) is 0 Å². The highest BCUT2D eigenvalue weighted by molar-refractivity contribution is 7.89. The topological polar surface area (TPSA) is 98.0 Å². The minimum absolute atomic E-state index is 0.0416. The lowest BCUT2D eigenvalue weighted by Gasteiger charge is -2.08. The fourth-order valence-electron chi connectivity index (χ4n) is 1.74. The number of nitrogens with one attached hydrogen (secondary N) is 1. The molecule has 0 amide bonds. The van der Waals surface area contributed by atoms with Crippen molar-refractivity contribution in [3.63, 3.8) is 0 Å². The summed E-state index contributed by atoms with van der Waals surface area (Å²) >= 11 is 0. The van der Waals surface area contributed by atoms with E-state index in [4.69, 9.17) is 5.14 Å². The first-order valence-corrected chi connectivity index (χ1v) is 7.65. The molecule has 7 heteroatoms. The van der Waals surface area contributed by atoms with Gasteiger partial charge in [-0.05, 0) is 25.5 Å². The Morgan fingerprint density at radius 2 is 1.84 bits per heavy atom. The Bertz CT molecular complexity index is 685. The molecule has 0 radical (unpaired) electrons. The van der Waals surface area contributed by atoms with Crippen LogP contribution in [0, 0.1) is 6.92 Å². The minimum Gasteiger partial charge on any atom is -0.369 e. The lowest BCUT2D eigenvalue weighted by atomic mass is 10.3. The second-order valence-electron chi connectivity index (χ2n) is 4.29. The van der Waals surface area contributed by atoms with Crippen molar-refractivity contribution < 1.29 is 8.42 Å². The van der Waals surface area contributed by atoms with Gasteiger partial charge in [-0.3, -0.25) is 0 Å². The molecule has 0 bridgehead atoms. The number of para-hydroxylation sites is 2. The number of anilines is 1. The molecule has 3 N–H and O–H groups in total. The molecule has 2 rings (SSSR count). The minimum atomic E-state index is -3.40. The summed E-state index contributed by atoms with van der Waals surface area (Å²) in [6.07, 6.45) is 0.437. The fraction of sp³-hybridized carbons (Fsp3) is 0.333. The molecule has 0 aliphatic carbocycles. The van der Waals surface area contributed by atoms with Crippen LogP contribution in [-0.4, -0.2) is 30.7 Å². The van der Waals surface area contributed by atoms with Crippen molar-refractivity contribution in [3.05, 3.63) is 30.0 Å². The number of hydrogen-bond donors (Lipinski definition) is 2. The van der Waals surface area contributed by atoms with Crippen LogP contribution in [0.2, 0.25) is 0 Å². The Balaban J connectivity index is 2.06. The molecule has 1 heterocycles. The van der Waals surface area contributed by atoms with Gasteiger partial charge >= 0.3 is 0 Å². The molecule has 0 aliphatic rings. The summed E-state index contributed by atoms with van der Waals surface area (Å²) in [5.74, 6) is 0.633. The van der Waals surface area contributed by atoms with Crippen LogP contribution in [0.25, 0.3) is 11.0 Å². The van der Waals surface area contributed by atoms with Crippen LogP contribution in [0.4, 0.5) is 5.82 Å². The molecule has 6 nitrogen and oxygen atoms in total. The molecule has 0 saturated heterocycles. The van der Waals surface area contributed by atoms with Gasteiger partial charge in [-0.1, -0.05) is 12.1 Å². The van der Waals surface area contributed by atoms with Crippen molar-refractivity contribution >= 4 is 26.9 Å². The van der Waals surface area contributed by atoms with E-state index in [1.165, 1.54) is 0 Å². The predicted molar refractivity (Wildman–Crippen MR) is 75.4 cm³/mol. The zero-order chi connectivity index (χ0) is 13.9. The van der Waals surface area contributed by atoms with Crippen molar-refractivity contribution in [1.29, 1.82) is 0 Å². The van der Waals surface area contributed by atoms with Crippen LogP contribution in [0.3, 0.4) is 0 Å². The number of nitrogens with two attached hydrogens (primary N) is 1. The van der Waals surface area contributed by atoms with Gasteiger partial charge in [0, 0.05) is 6.54 Å². The molecule has 0 aliphatic heterocycles. The van der Waals surface area contributed by atoms with Crippen molar-refractivity contribution in [3.8, 4) is 0 Å². The molecule has 0 saturated carbocycles. The summed E-state index contributed by atoms with van der Waals surface area (Å²) in [4.78, 5) is 8.89. The fourth-order valence-corrected chi connectivity index (χ4v) is 2.28. The summed E-state index contributed by atoms with van der Waals surface area (Å²) in [6, 6.07) is 7.60. The van der Waals surface area contributed by atoms with E-state index in [0.29, 0.717) is 18.8 Å². The third-order valence-corrected chi connectivity index (χ3v) is 3.50. The first-order valence-electron chi connectivity index (χ1n) is 5.93. The Labute approximate surface area is 112 Å². The molecular formula is C12H16N4O2S. The molecule has 0 spiro atoms. The smallest absolute Gasteiger partial charge is 0.209 e. The number of benzene rings is 1. The normalized spacial score (nSPS) is 11.7. The second kappa shape index (κ2) is 5.50. The number of sulfonamides is 1. The van der Waals surface area contributed by atoms with E-state index < -0.39 is 10.0 Å². The SMILES string of the molecule is Cc1nc2ccccc2nc1NCCCS(N)(=O)=O. The summed E-state index contributed by atoms with van der Waals surface area (Å²) in [5.41, 5.74) is 2.44. The molecule has 0 unspecified atom stereocenters. The summed E-state index contributed by atoms with van der Waals surface area (Å²) in [6.45, 7) is 2.35. The molecule has 1 aromatic heterocycles. The highest BCUT2D eigenvalue weighted by atomic mass is 32.2. The van der Waals surface area contributed by atoms with Crippen LogP contribution in [0.1, 0.15) is 12.1 Å². The van der Waals surface area contributed by atoms with Crippen molar-refractivity contribution in [2.45, 2.75) is 13.3 Å². The monoisotopic (exact) mass is 280 g/mol. The van der Waals surface area contributed by atoms with Crippen LogP contribution in [0.5, 0.6) is 0 Å². The lowest BCUT2D eigenvalue weighted by Crippen LogP contribution is -2.19. The second-order valence-corrected chi connectivity index (χ2v) is 6.03. The van der Waals surface area contributed by atoms with Crippen LogP contribution in [-0.2, 0) is 10.0 Å². The van der Waals surface area contributed by atoms with E-state index in [-0.39, 0.29) is 5.75 Å². The Hall–Kier alpha value is -1.73. The highest BCUT2D eigenvalue weighted by Crippen LogP contribution is 2.15. The highest BCUT2D eigenvalue weighted by Gasteiger charge is 2.05. The lowest BCUT2D eigenvalue weighted by molar-refractivity contribution is 0.595. The van der Waals surface area contributed by atoms with Gasteiger partial charge in [0.15, 0.2) is 0 Å². The third kappa shape index (κ3) is 3.87. The number of primary sulfonamides is 1. The third-order valence-electron chi connectivity index (χ3n) is 2.64. The standard InChI is InChI=1S/C12H16N4O2S/c1-9-12(14-7-4-8-19(13,17)18)16-11-6-3-2-5-10(11)15-9/h2-3,5-6H,4,7-8H2,1H3,(H,14,16)(H2,13,17,18). The largest absolute Gasteiger partial charge is 0.369 e. The zero-order valence-electron chi connectivity index (χ0n) is 10.6. The van der Waals surface area contributed by atoms with Gasteiger partial charge in [-0.2, -0.15) is 0 Å². The van der Waals surface area contributed by atoms with Gasteiger partial charge < -0.3 is 5.32 Å². The number of fused-ring (bicyclic) bond motifs is 1. The molecule has 102 valence electrons. The zero-order valence-corrected chi connectivity index (χ0v) is 11.4. The number of aryl methyl sites for hydroxylation is 1. The van der Waals surface area contributed by atoms with E-state index in [1.807, 2.05) is 31.2 Å². The van der Waals surface area contributed by atoms with Gasteiger partial charge in [0.25, 0.3) is 0 Å². The molecular weight excluding hydrogens is 264 g/mol. The van der Waals surface area contributed by atoms with Crippen LogP contribution < -0.4 is 10.5 Å². The average Bonchev–Trinajstić information content (AvgIpc) is 2.33. The predicted octanol–water partition coefficient (Wildman–Crippen LogP) is 1.03. The van der Waals surface area contributed by atoms with Crippen molar-refractivity contribution in [1.82, 2.24) is 9.97 Å². The van der Waals surface area contributed by atoms with Gasteiger partial charge in [-0.25, -0.2) is 23.5 Å². The Morgan fingerprint density at radius 3 is 2.47 bits per heavy atom. The van der Waals surface area contributed by atoms with Crippen LogP contribution in [0.15, 0.2) is 24.3 Å². The van der Waals surface area contributed by atoms with E-state index >= 15 is 0 Å². The maximum Gasteiger partial charge on any atom is 0.209 e. The summed E-state index contributed by atoms with van der Waals surface area (Å²) < 4.78 is 21.6. The van der Waals surface area contributed by atoms with E-state index in [0.717, 1.165) is 16.7 Å². The maximum absolute atomic E-state index is 10.8. The van der Waals surface area contributed by atoms with E-state index in [9.17, 15) is 8.42 Å². The number of aromatic nitrogens is 2. The van der Waals surface area contributed by atoms with E-state index in [2.05, 4.69) is 15.3 Å².